The van der Waals surface area contributed by atoms with Crippen molar-refractivity contribution in [3.05, 3.63) is 105 Å². The molecule has 0 amide bonds. The van der Waals surface area contributed by atoms with E-state index in [0.717, 1.165) is 28.2 Å². The Morgan fingerprint density at radius 2 is 1.48 bits per heavy atom. The maximum Gasteiger partial charge on any atom is 0.211 e. The van der Waals surface area contributed by atoms with Crippen LogP contribution in [0.2, 0.25) is 10.0 Å². The van der Waals surface area contributed by atoms with Gasteiger partial charge in [0.2, 0.25) is 5.17 Å². The lowest BCUT2D eigenvalue weighted by Gasteiger charge is -2.26. The maximum absolute atomic E-state index is 6.06. The van der Waals surface area contributed by atoms with Crippen LogP contribution in [0.4, 0.5) is 5.69 Å². The van der Waals surface area contributed by atoms with Crippen molar-refractivity contribution in [2.45, 2.75) is 6.92 Å². The molecule has 3 aromatic carbocycles. The molecular formula is C23H17Cl2N3S. The molecule has 3 aromatic rings. The standard InChI is InChI=1S/C23H17Cl2N3S/c1-16(17-7-11-19(24)12-8-17)26-23-27-28(21-5-3-2-4-6-21)22(15-29-23)18-9-13-20(25)14-10-18/h2-15H,1H3. The minimum Gasteiger partial charge on any atom is -0.230 e. The van der Waals surface area contributed by atoms with E-state index in [4.69, 9.17) is 33.3 Å². The molecule has 4 rings (SSSR count). The van der Waals surface area contributed by atoms with Gasteiger partial charge in [-0.25, -0.2) is 10.0 Å². The lowest BCUT2D eigenvalue weighted by molar-refractivity contribution is 1.09. The average molecular weight is 438 g/mol. The van der Waals surface area contributed by atoms with Gasteiger partial charge in [-0.05, 0) is 48.9 Å². The zero-order valence-corrected chi connectivity index (χ0v) is 17.9. The number of anilines is 1. The predicted molar refractivity (Wildman–Crippen MR) is 127 cm³/mol. The molecule has 3 nitrogen and oxygen atoms in total. The van der Waals surface area contributed by atoms with E-state index in [1.807, 2.05) is 90.8 Å². The van der Waals surface area contributed by atoms with Crippen molar-refractivity contribution >= 4 is 57.2 Å². The SMILES string of the molecule is CC(=NC1=NN(c2ccccc2)C(c2ccc(Cl)cc2)=CS1)c1ccc(Cl)cc1. The van der Waals surface area contributed by atoms with E-state index in [1.165, 1.54) is 11.8 Å². The third kappa shape index (κ3) is 4.73. The van der Waals surface area contributed by atoms with Crippen molar-refractivity contribution < 1.29 is 0 Å². The first-order chi connectivity index (χ1) is 14.1. The zero-order chi connectivity index (χ0) is 20.2. The van der Waals surface area contributed by atoms with E-state index in [-0.39, 0.29) is 0 Å². The normalized spacial score (nSPS) is 14.4. The second kappa shape index (κ2) is 8.87. The molecule has 6 heteroatoms. The zero-order valence-electron chi connectivity index (χ0n) is 15.6. The first-order valence-electron chi connectivity index (χ1n) is 8.98. The number of hydrogen-bond acceptors (Lipinski definition) is 4. The number of hydrazone groups is 1. The van der Waals surface area contributed by atoms with Crippen LogP contribution >= 0.6 is 35.0 Å². The highest BCUT2D eigenvalue weighted by atomic mass is 35.5. The third-order valence-corrected chi connectivity index (χ3v) is 5.58. The molecule has 29 heavy (non-hydrogen) atoms. The van der Waals surface area contributed by atoms with Gasteiger partial charge >= 0.3 is 0 Å². The van der Waals surface area contributed by atoms with Gasteiger partial charge in [0, 0.05) is 26.7 Å². The summed E-state index contributed by atoms with van der Waals surface area (Å²) >= 11 is 13.5. The van der Waals surface area contributed by atoms with Gasteiger partial charge < -0.3 is 0 Å². The van der Waals surface area contributed by atoms with E-state index < -0.39 is 0 Å². The van der Waals surface area contributed by atoms with Gasteiger partial charge in [-0.3, -0.25) is 0 Å². The topological polar surface area (TPSA) is 28.0 Å². The summed E-state index contributed by atoms with van der Waals surface area (Å²) in [6, 6.07) is 25.4. The molecule has 1 aliphatic heterocycles. The highest BCUT2D eigenvalue weighted by molar-refractivity contribution is 8.16. The Balaban J connectivity index is 1.70. The average Bonchev–Trinajstić information content (AvgIpc) is 2.75. The lowest BCUT2D eigenvalue weighted by atomic mass is 10.1. The highest BCUT2D eigenvalue weighted by Gasteiger charge is 2.19. The van der Waals surface area contributed by atoms with Crippen LogP contribution in [0.1, 0.15) is 18.1 Å². The Bertz CT molecular complexity index is 1090. The molecule has 0 aromatic heterocycles. The molecule has 0 saturated heterocycles. The fourth-order valence-corrected chi connectivity index (χ4v) is 3.87. The van der Waals surface area contributed by atoms with Gasteiger partial charge in [0.15, 0.2) is 0 Å². The molecule has 1 aliphatic rings. The Morgan fingerprint density at radius 3 is 2.14 bits per heavy atom. The van der Waals surface area contributed by atoms with Crippen LogP contribution in [0.5, 0.6) is 0 Å². The number of rotatable bonds is 3. The van der Waals surface area contributed by atoms with E-state index in [9.17, 15) is 0 Å². The van der Waals surface area contributed by atoms with Crippen molar-refractivity contribution in [1.82, 2.24) is 0 Å². The van der Waals surface area contributed by atoms with Gasteiger partial charge in [0.1, 0.15) is 0 Å². The van der Waals surface area contributed by atoms with Crippen LogP contribution in [-0.2, 0) is 0 Å². The smallest absolute Gasteiger partial charge is 0.211 e. The van der Waals surface area contributed by atoms with Gasteiger partial charge in [-0.2, -0.15) is 0 Å². The number of hydrogen-bond donors (Lipinski definition) is 0. The highest BCUT2D eigenvalue weighted by Crippen LogP contribution is 2.34. The third-order valence-electron chi connectivity index (χ3n) is 4.36. The second-order valence-corrected chi connectivity index (χ2v) is 8.07. The summed E-state index contributed by atoms with van der Waals surface area (Å²) in [5.41, 5.74) is 4.86. The molecular weight excluding hydrogens is 421 g/mol. The number of halogens is 2. The molecule has 0 unspecified atom stereocenters. The first kappa shape index (κ1) is 19.8. The van der Waals surface area contributed by atoms with Gasteiger partial charge in [0.05, 0.1) is 11.4 Å². The van der Waals surface area contributed by atoms with E-state index >= 15 is 0 Å². The van der Waals surface area contributed by atoms with Crippen LogP contribution in [0.15, 0.2) is 94.4 Å². The monoisotopic (exact) mass is 437 g/mol. The molecule has 0 bridgehead atoms. The largest absolute Gasteiger partial charge is 0.230 e. The van der Waals surface area contributed by atoms with E-state index in [0.29, 0.717) is 15.2 Å². The predicted octanol–water partition coefficient (Wildman–Crippen LogP) is 7.33. The summed E-state index contributed by atoms with van der Waals surface area (Å²) in [6.45, 7) is 1.97. The van der Waals surface area contributed by atoms with Crippen molar-refractivity contribution in [2.24, 2.45) is 10.1 Å². The summed E-state index contributed by atoms with van der Waals surface area (Å²) in [5.74, 6) is 0. The number of para-hydroxylation sites is 1. The van der Waals surface area contributed by atoms with E-state index in [2.05, 4.69) is 5.41 Å². The van der Waals surface area contributed by atoms with Crippen LogP contribution in [-0.4, -0.2) is 10.9 Å². The van der Waals surface area contributed by atoms with Crippen LogP contribution in [0, 0.1) is 0 Å². The van der Waals surface area contributed by atoms with Crippen molar-refractivity contribution in [2.75, 3.05) is 5.01 Å². The number of benzene rings is 3. The fourth-order valence-electron chi connectivity index (χ4n) is 2.85. The Kier molecular flexibility index (Phi) is 6.05. The first-order valence-corrected chi connectivity index (χ1v) is 10.6. The van der Waals surface area contributed by atoms with Crippen LogP contribution in [0.3, 0.4) is 0 Å². The van der Waals surface area contributed by atoms with Crippen molar-refractivity contribution in [1.29, 1.82) is 0 Å². The van der Waals surface area contributed by atoms with Crippen molar-refractivity contribution in [3.63, 3.8) is 0 Å². The van der Waals surface area contributed by atoms with Crippen LogP contribution < -0.4 is 5.01 Å². The molecule has 0 spiro atoms. The molecule has 0 N–H and O–H groups in total. The van der Waals surface area contributed by atoms with Gasteiger partial charge in [0.25, 0.3) is 0 Å². The Labute approximate surface area is 184 Å². The Hall–Kier alpha value is -2.53. The second-order valence-electron chi connectivity index (χ2n) is 6.36. The molecule has 0 saturated carbocycles. The minimum atomic E-state index is 0.666. The number of amidine groups is 1. The van der Waals surface area contributed by atoms with Crippen molar-refractivity contribution in [3.8, 4) is 0 Å². The lowest BCUT2D eigenvalue weighted by Crippen LogP contribution is -2.19. The fraction of sp³-hybridized carbons (Fsp3) is 0.0435. The molecule has 144 valence electrons. The summed E-state index contributed by atoms with van der Waals surface area (Å²) < 4.78 is 0. The van der Waals surface area contributed by atoms with Crippen LogP contribution in [0.25, 0.3) is 5.70 Å². The number of thioether (sulfide) groups is 1. The molecule has 1 heterocycles. The Morgan fingerprint density at radius 1 is 0.862 bits per heavy atom. The summed E-state index contributed by atoms with van der Waals surface area (Å²) in [5, 5.41) is 10.9. The molecule has 0 aliphatic carbocycles. The quantitative estimate of drug-likeness (QED) is 0.401. The maximum atomic E-state index is 6.06. The summed E-state index contributed by atoms with van der Waals surface area (Å²) in [7, 11) is 0. The van der Waals surface area contributed by atoms with Gasteiger partial charge in [-0.1, -0.05) is 77.4 Å². The molecule has 0 fully saturated rings. The summed E-state index contributed by atoms with van der Waals surface area (Å²) in [4.78, 5) is 4.73. The number of nitrogens with zero attached hydrogens (tertiary/aromatic N) is 3. The number of aliphatic imine (C=N–C) groups is 1. The molecule has 0 radical (unpaired) electrons. The minimum absolute atomic E-state index is 0.666. The summed E-state index contributed by atoms with van der Waals surface area (Å²) in [6.07, 6.45) is 0. The molecule has 0 atom stereocenters. The van der Waals surface area contributed by atoms with E-state index in [1.54, 1.807) is 0 Å². The van der Waals surface area contributed by atoms with Gasteiger partial charge in [-0.15, -0.1) is 5.10 Å².